The number of alkyl halides is 3. The predicted molar refractivity (Wildman–Crippen MR) is 125 cm³/mol. The number of likely N-dealkylation sites (tertiary alicyclic amines) is 1. The molecule has 3 amide bonds. The first-order valence-electron chi connectivity index (χ1n) is 11.8. The summed E-state index contributed by atoms with van der Waals surface area (Å²) >= 11 is 0. The molecule has 2 heterocycles. The summed E-state index contributed by atoms with van der Waals surface area (Å²) in [6.45, 7) is 2.24. The van der Waals surface area contributed by atoms with Gasteiger partial charge in [0.2, 0.25) is 5.91 Å². The van der Waals surface area contributed by atoms with E-state index in [2.05, 4.69) is 10.6 Å². The van der Waals surface area contributed by atoms with Gasteiger partial charge in [-0.05, 0) is 44.4 Å². The Morgan fingerprint density at radius 3 is 2.44 bits per heavy atom. The molecule has 3 N–H and O–H groups in total. The zero-order chi connectivity index (χ0) is 26.3. The van der Waals surface area contributed by atoms with Gasteiger partial charge < -0.3 is 20.6 Å². The number of hydrogen-bond donors (Lipinski definition) is 3. The molecule has 194 valence electrons. The van der Waals surface area contributed by atoms with Crippen LogP contribution >= 0.6 is 0 Å². The van der Waals surface area contributed by atoms with Gasteiger partial charge in [0.15, 0.2) is 6.67 Å². The number of nitrogens with zero attached hydrogens (tertiary/aromatic N) is 1. The SMILES string of the molecule is CC(C)(C(=O)N1CCC2(CC1)NC(=O)NCC2c1ccc(F)cc1O)c1cccc(C(F)(F)CF)c1. The topological polar surface area (TPSA) is 81.7 Å². The summed E-state index contributed by atoms with van der Waals surface area (Å²) in [6, 6.07) is 8.68. The number of benzene rings is 2. The molecular formula is C26H29F4N3O3. The fourth-order valence-corrected chi connectivity index (χ4v) is 5.28. The van der Waals surface area contributed by atoms with E-state index in [9.17, 15) is 32.3 Å². The standard InChI is InChI=1S/C26H29F4N3O3/c1-24(2,16-4-3-5-17(12-16)26(29,30)15-27)22(35)33-10-8-25(9-11-33)20(14-31-23(36)32-25)19-7-6-18(28)13-21(19)34/h3-7,12-13,20,34H,8-11,14-15H2,1-2H3,(H2,31,32,36). The van der Waals surface area contributed by atoms with Gasteiger partial charge in [-0.1, -0.05) is 24.3 Å². The van der Waals surface area contributed by atoms with Crippen molar-refractivity contribution in [3.05, 3.63) is 65.0 Å². The number of nitrogens with one attached hydrogen (secondary N) is 2. The Hall–Kier alpha value is -3.30. The van der Waals surface area contributed by atoms with Crippen LogP contribution in [0.25, 0.3) is 0 Å². The van der Waals surface area contributed by atoms with E-state index in [-0.39, 0.29) is 43.2 Å². The van der Waals surface area contributed by atoms with Gasteiger partial charge in [0.05, 0.1) is 11.0 Å². The molecule has 6 nitrogen and oxygen atoms in total. The van der Waals surface area contributed by atoms with Crippen LogP contribution in [0.3, 0.4) is 0 Å². The second-order valence-corrected chi connectivity index (χ2v) is 10.1. The normalized spacial score (nSPS) is 20.1. The Bertz CT molecular complexity index is 1160. The van der Waals surface area contributed by atoms with Crippen LogP contribution in [-0.2, 0) is 16.1 Å². The Balaban J connectivity index is 1.55. The first-order chi connectivity index (χ1) is 16.9. The summed E-state index contributed by atoms with van der Waals surface area (Å²) in [5.74, 6) is -5.06. The smallest absolute Gasteiger partial charge is 0.315 e. The van der Waals surface area contributed by atoms with Crippen molar-refractivity contribution in [3.63, 3.8) is 0 Å². The Morgan fingerprint density at radius 2 is 1.81 bits per heavy atom. The van der Waals surface area contributed by atoms with Gasteiger partial charge in [0, 0.05) is 42.7 Å². The molecule has 36 heavy (non-hydrogen) atoms. The molecule has 2 aromatic rings. The van der Waals surface area contributed by atoms with Crippen LogP contribution in [0, 0.1) is 5.82 Å². The van der Waals surface area contributed by atoms with Crippen molar-refractivity contribution in [2.75, 3.05) is 26.3 Å². The van der Waals surface area contributed by atoms with Crippen molar-refractivity contribution in [1.82, 2.24) is 15.5 Å². The highest BCUT2D eigenvalue weighted by Crippen LogP contribution is 2.42. The van der Waals surface area contributed by atoms with Gasteiger partial charge >= 0.3 is 12.0 Å². The third kappa shape index (κ3) is 4.60. The maximum Gasteiger partial charge on any atom is 0.315 e. The van der Waals surface area contributed by atoms with Gasteiger partial charge in [-0.15, -0.1) is 0 Å². The molecule has 1 spiro atoms. The van der Waals surface area contributed by atoms with Crippen molar-refractivity contribution in [1.29, 1.82) is 0 Å². The van der Waals surface area contributed by atoms with E-state index in [1.807, 2.05) is 0 Å². The van der Waals surface area contributed by atoms with Crippen LogP contribution < -0.4 is 10.6 Å². The quantitative estimate of drug-likeness (QED) is 0.527. The molecule has 2 fully saturated rings. The van der Waals surface area contributed by atoms with Crippen LogP contribution in [0.5, 0.6) is 5.75 Å². The van der Waals surface area contributed by atoms with Crippen LogP contribution in [0.4, 0.5) is 22.4 Å². The number of halogens is 4. The van der Waals surface area contributed by atoms with Gasteiger partial charge in [-0.3, -0.25) is 4.79 Å². The van der Waals surface area contributed by atoms with Crippen LogP contribution in [0.2, 0.25) is 0 Å². The summed E-state index contributed by atoms with van der Waals surface area (Å²) in [4.78, 5) is 27.4. The third-order valence-electron chi connectivity index (χ3n) is 7.52. The summed E-state index contributed by atoms with van der Waals surface area (Å²) in [5, 5.41) is 16.1. The summed E-state index contributed by atoms with van der Waals surface area (Å²) < 4.78 is 54.2. The highest BCUT2D eigenvalue weighted by atomic mass is 19.3. The Morgan fingerprint density at radius 1 is 1.14 bits per heavy atom. The largest absolute Gasteiger partial charge is 0.508 e. The second-order valence-electron chi connectivity index (χ2n) is 10.1. The highest BCUT2D eigenvalue weighted by molar-refractivity contribution is 5.87. The van der Waals surface area contributed by atoms with Crippen molar-refractivity contribution >= 4 is 11.9 Å². The summed E-state index contributed by atoms with van der Waals surface area (Å²) in [7, 11) is 0. The van der Waals surface area contributed by atoms with Crippen LogP contribution in [0.1, 0.15) is 49.3 Å². The molecule has 2 saturated heterocycles. The van der Waals surface area contributed by atoms with Crippen LogP contribution in [-0.4, -0.2) is 53.8 Å². The molecule has 2 aliphatic rings. The molecule has 1 unspecified atom stereocenters. The number of carbonyl (C=O) groups is 2. The number of rotatable bonds is 5. The number of hydrogen-bond acceptors (Lipinski definition) is 3. The Labute approximate surface area is 206 Å². The average Bonchev–Trinajstić information content (AvgIpc) is 2.85. The maximum atomic E-state index is 13.9. The molecule has 0 aromatic heterocycles. The molecule has 10 heteroatoms. The molecule has 1 atom stereocenters. The lowest BCUT2D eigenvalue weighted by Crippen LogP contribution is -2.66. The fourth-order valence-electron chi connectivity index (χ4n) is 5.28. The van der Waals surface area contributed by atoms with Gasteiger partial charge in [0.1, 0.15) is 11.6 Å². The minimum Gasteiger partial charge on any atom is -0.508 e. The lowest BCUT2D eigenvalue weighted by atomic mass is 9.71. The van der Waals surface area contributed by atoms with Crippen molar-refractivity contribution in [2.24, 2.45) is 0 Å². The molecule has 2 aliphatic heterocycles. The van der Waals surface area contributed by atoms with Crippen molar-refractivity contribution in [3.8, 4) is 5.75 Å². The van der Waals surface area contributed by atoms with E-state index in [0.29, 0.717) is 24.0 Å². The zero-order valence-electron chi connectivity index (χ0n) is 20.1. The Kier molecular flexibility index (Phi) is 6.66. The van der Waals surface area contributed by atoms with Gasteiger partial charge in [-0.25, -0.2) is 13.6 Å². The summed E-state index contributed by atoms with van der Waals surface area (Å²) in [6.07, 6.45) is 0.757. The minimum atomic E-state index is -3.64. The number of amides is 3. The third-order valence-corrected chi connectivity index (χ3v) is 7.52. The molecule has 0 saturated carbocycles. The molecule has 0 aliphatic carbocycles. The lowest BCUT2D eigenvalue weighted by molar-refractivity contribution is -0.138. The number of phenolic OH excluding ortho intramolecular Hbond substituents is 1. The first kappa shape index (κ1) is 25.8. The highest BCUT2D eigenvalue weighted by Gasteiger charge is 2.48. The van der Waals surface area contributed by atoms with E-state index in [1.165, 1.54) is 24.3 Å². The number of carbonyl (C=O) groups excluding carboxylic acids is 2. The van der Waals surface area contributed by atoms with Gasteiger partial charge in [-0.2, -0.15) is 8.78 Å². The van der Waals surface area contributed by atoms with Gasteiger partial charge in [0.25, 0.3) is 0 Å². The average molecular weight is 508 g/mol. The van der Waals surface area contributed by atoms with E-state index in [1.54, 1.807) is 24.8 Å². The van der Waals surface area contributed by atoms with E-state index < -0.39 is 34.9 Å². The predicted octanol–water partition coefficient (Wildman–Crippen LogP) is 4.33. The minimum absolute atomic E-state index is 0.207. The summed E-state index contributed by atoms with van der Waals surface area (Å²) in [5.41, 5.74) is -1.56. The van der Waals surface area contributed by atoms with E-state index in [4.69, 9.17) is 0 Å². The maximum absolute atomic E-state index is 13.9. The number of urea groups is 1. The van der Waals surface area contributed by atoms with Crippen LogP contribution in [0.15, 0.2) is 42.5 Å². The fraction of sp³-hybridized carbons (Fsp3) is 0.462. The number of aromatic hydroxyl groups is 1. The monoisotopic (exact) mass is 507 g/mol. The lowest BCUT2D eigenvalue weighted by Gasteiger charge is -2.50. The molecule has 0 bridgehead atoms. The first-order valence-corrected chi connectivity index (χ1v) is 11.8. The zero-order valence-corrected chi connectivity index (χ0v) is 20.1. The number of phenols is 1. The van der Waals surface area contributed by atoms with Crippen molar-refractivity contribution < 1.29 is 32.3 Å². The second kappa shape index (κ2) is 9.29. The molecule has 4 rings (SSSR count). The molecule has 2 aromatic carbocycles. The molecule has 0 radical (unpaired) electrons. The number of piperidine rings is 1. The van der Waals surface area contributed by atoms with Crippen molar-refractivity contribution in [2.45, 2.75) is 49.5 Å². The molecular weight excluding hydrogens is 478 g/mol. The van der Waals surface area contributed by atoms with E-state index >= 15 is 0 Å². The van der Waals surface area contributed by atoms with E-state index in [0.717, 1.165) is 12.1 Å².